The molecular formula is C14H24N2O3. The van der Waals surface area contributed by atoms with Crippen LogP contribution in [0.1, 0.15) is 40.5 Å². The summed E-state index contributed by atoms with van der Waals surface area (Å²) in [6.07, 6.45) is 2.92. The van der Waals surface area contributed by atoms with Crippen molar-refractivity contribution in [1.29, 1.82) is 0 Å². The van der Waals surface area contributed by atoms with Gasteiger partial charge < -0.3 is 14.9 Å². The molecule has 1 N–H and O–H groups in total. The zero-order valence-corrected chi connectivity index (χ0v) is 12.3. The summed E-state index contributed by atoms with van der Waals surface area (Å²) >= 11 is 0. The van der Waals surface area contributed by atoms with Gasteiger partial charge in [0.25, 0.3) is 0 Å². The average Bonchev–Trinajstić information content (AvgIpc) is 2.27. The van der Waals surface area contributed by atoms with Crippen molar-refractivity contribution in [3.8, 4) is 0 Å². The van der Waals surface area contributed by atoms with E-state index in [1.807, 2.05) is 20.8 Å². The SMILES string of the molecule is CC1=CCN(C(=O)N(CCC(=O)O)C(C)(C)C)CC1. The van der Waals surface area contributed by atoms with Crippen molar-refractivity contribution in [2.24, 2.45) is 0 Å². The largest absolute Gasteiger partial charge is 0.481 e. The van der Waals surface area contributed by atoms with Gasteiger partial charge in [0.05, 0.1) is 6.42 Å². The molecule has 0 unspecified atom stereocenters. The number of carbonyl (C=O) groups is 2. The highest BCUT2D eigenvalue weighted by Gasteiger charge is 2.30. The van der Waals surface area contributed by atoms with Crippen molar-refractivity contribution in [1.82, 2.24) is 9.80 Å². The molecule has 1 rings (SSSR count). The summed E-state index contributed by atoms with van der Waals surface area (Å²) in [5.74, 6) is -0.878. The van der Waals surface area contributed by atoms with Gasteiger partial charge >= 0.3 is 12.0 Å². The first kappa shape index (κ1) is 15.5. The van der Waals surface area contributed by atoms with Crippen LogP contribution in [0.15, 0.2) is 11.6 Å². The summed E-state index contributed by atoms with van der Waals surface area (Å²) in [5.41, 5.74) is 0.930. The Balaban J connectivity index is 2.74. The Morgan fingerprint density at radius 2 is 2.05 bits per heavy atom. The Morgan fingerprint density at radius 1 is 1.42 bits per heavy atom. The van der Waals surface area contributed by atoms with Gasteiger partial charge in [0.1, 0.15) is 0 Å². The number of urea groups is 1. The Kier molecular flexibility index (Phi) is 4.97. The van der Waals surface area contributed by atoms with Gasteiger partial charge in [-0.15, -0.1) is 0 Å². The number of rotatable bonds is 3. The number of carbonyl (C=O) groups excluding carboxylic acids is 1. The molecule has 0 saturated heterocycles. The normalized spacial score (nSPS) is 16.0. The summed E-state index contributed by atoms with van der Waals surface area (Å²) in [6.45, 7) is 9.42. The minimum Gasteiger partial charge on any atom is -0.481 e. The number of amides is 2. The summed E-state index contributed by atoms with van der Waals surface area (Å²) in [4.78, 5) is 26.6. The molecule has 0 spiro atoms. The molecule has 0 saturated carbocycles. The fourth-order valence-corrected chi connectivity index (χ4v) is 2.04. The molecule has 0 atom stereocenters. The van der Waals surface area contributed by atoms with Gasteiger partial charge in [-0.25, -0.2) is 4.79 Å². The number of carboxylic acids is 1. The fraction of sp³-hybridized carbons (Fsp3) is 0.714. The molecule has 0 bridgehead atoms. The van der Waals surface area contributed by atoms with Crippen LogP contribution < -0.4 is 0 Å². The van der Waals surface area contributed by atoms with Crippen molar-refractivity contribution in [3.05, 3.63) is 11.6 Å². The average molecular weight is 268 g/mol. The highest BCUT2D eigenvalue weighted by Crippen LogP contribution is 2.19. The predicted octanol–water partition coefficient (Wildman–Crippen LogP) is 2.33. The quantitative estimate of drug-likeness (QED) is 0.799. The molecular weight excluding hydrogens is 244 g/mol. The molecule has 0 radical (unpaired) electrons. The van der Waals surface area contributed by atoms with Crippen LogP contribution in [0.25, 0.3) is 0 Å². The number of hydrogen-bond donors (Lipinski definition) is 1. The van der Waals surface area contributed by atoms with Gasteiger partial charge in [-0.2, -0.15) is 0 Å². The molecule has 19 heavy (non-hydrogen) atoms. The second-order valence-electron chi connectivity index (χ2n) is 6.00. The van der Waals surface area contributed by atoms with Crippen molar-refractivity contribution in [2.75, 3.05) is 19.6 Å². The van der Waals surface area contributed by atoms with Crippen LogP contribution >= 0.6 is 0 Å². The third-order valence-electron chi connectivity index (χ3n) is 3.30. The maximum atomic E-state index is 12.5. The third kappa shape index (κ3) is 4.58. The first-order valence-corrected chi connectivity index (χ1v) is 6.66. The Bertz CT molecular complexity index is 383. The molecule has 1 aliphatic rings. The molecule has 0 aromatic rings. The van der Waals surface area contributed by atoms with Gasteiger partial charge in [-0.05, 0) is 34.1 Å². The second kappa shape index (κ2) is 6.08. The van der Waals surface area contributed by atoms with Crippen molar-refractivity contribution in [2.45, 2.75) is 46.1 Å². The summed E-state index contributed by atoms with van der Waals surface area (Å²) < 4.78 is 0. The van der Waals surface area contributed by atoms with Crippen LogP contribution in [-0.2, 0) is 4.79 Å². The Morgan fingerprint density at radius 3 is 2.47 bits per heavy atom. The van der Waals surface area contributed by atoms with E-state index in [1.165, 1.54) is 5.57 Å². The van der Waals surface area contributed by atoms with Crippen LogP contribution in [-0.4, -0.2) is 52.1 Å². The molecule has 0 fully saturated rings. The highest BCUT2D eigenvalue weighted by molar-refractivity contribution is 5.76. The Hall–Kier alpha value is -1.52. The lowest BCUT2D eigenvalue weighted by atomic mass is 10.1. The van der Waals surface area contributed by atoms with Crippen LogP contribution in [0.5, 0.6) is 0 Å². The number of hydrogen-bond acceptors (Lipinski definition) is 2. The van der Waals surface area contributed by atoms with E-state index in [2.05, 4.69) is 13.0 Å². The predicted molar refractivity (Wildman–Crippen MR) is 74.1 cm³/mol. The van der Waals surface area contributed by atoms with Gasteiger partial charge in [-0.1, -0.05) is 11.6 Å². The van der Waals surface area contributed by atoms with E-state index in [0.29, 0.717) is 13.1 Å². The zero-order valence-electron chi connectivity index (χ0n) is 12.3. The lowest BCUT2D eigenvalue weighted by Crippen LogP contribution is -2.53. The van der Waals surface area contributed by atoms with E-state index in [0.717, 1.165) is 6.42 Å². The molecule has 0 aromatic carbocycles. The lowest BCUT2D eigenvalue weighted by molar-refractivity contribution is -0.137. The smallest absolute Gasteiger partial charge is 0.320 e. The fourth-order valence-electron chi connectivity index (χ4n) is 2.04. The van der Waals surface area contributed by atoms with Crippen molar-refractivity contribution >= 4 is 12.0 Å². The van der Waals surface area contributed by atoms with E-state index in [1.54, 1.807) is 9.80 Å². The minimum absolute atomic E-state index is 0.0221. The molecule has 5 heteroatoms. The monoisotopic (exact) mass is 268 g/mol. The molecule has 2 amide bonds. The number of aliphatic carboxylic acids is 1. The van der Waals surface area contributed by atoms with E-state index in [4.69, 9.17) is 5.11 Å². The summed E-state index contributed by atoms with van der Waals surface area (Å²) in [6, 6.07) is -0.0718. The van der Waals surface area contributed by atoms with E-state index >= 15 is 0 Å². The standard InChI is InChI=1S/C14H24N2O3/c1-11-5-8-15(9-6-11)13(19)16(14(2,3)4)10-7-12(17)18/h5H,6-10H2,1-4H3,(H,17,18). The molecule has 0 aromatic heterocycles. The first-order chi connectivity index (χ1) is 8.71. The van der Waals surface area contributed by atoms with Crippen LogP contribution in [0.2, 0.25) is 0 Å². The van der Waals surface area contributed by atoms with E-state index in [-0.39, 0.29) is 24.5 Å². The molecule has 108 valence electrons. The minimum atomic E-state index is -0.878. The summed E-state index contributed by atoms with van der Waals surface area (Å²) in [7, 11) is 0. The Labute approximate surface area is 114 Å². The summed E-state index contributed by atoms with van der Waals surface area (Å²) in [5, 5.41) is 8.79. The van der Waals surface area contributed by atoms with Crippen molar-refractivity contribution < 1.29 is 14.7 Å². The van der Waals surface area contributed by atoms with E-state index < -0.39 is 5.97 Å². The molecule has 5 nitrogen and oxygen atoms in total. The molecule has 0 aliphatic carbocycles. The first-order valence-electron chi connectivity index (χ1n) is 6.66. The number of nitrogens with zero attached hydrogens (tertiary/aromatic N) is 2. The second-order valence-corrected chi connectivity index (χ2v) is 6.00. The van der Waals surface area contributed by atoms with Crippen LogP contribution in [0.4, 0.5) is 4.79 Å². The molecule has 1 heterocycles. The third-order valence-corrected chi connectivity index (χ3v) is 3.30. The van der Waals surface area contributed by atoms with Crippen molar-refractivity contribution in [3.63, 3.8) is 0 Å². The van der Waals surface area contributed by atoms with Crippen LogP contribution in [0.3, 0.4) is 0 Å². The van der Waals surface area contributed by atoms with Gasteiger partial charge in [0, 0.05) is 25.2 Å². The maximum Gasteiger partial charge on any atom is 0.320 e. The highest BCUT2D eigenvalue weighted by atomic mass is 16.4. The zero-order chi connectivity index (χ0) is 14.6. The van der Waals surface area contributed by atoms with E-state index in [9.17, 15) is 9.59 Å². The van der Waals surface area contributed by atoms with Crippen LogP contribution in [0, 0.1) is 0 Å². The van der Waals surface area contributed by atoms with Gasteiger partial charge in [0.2, 0.25) is 0 Å². The topological polar surface area (TPSA) is 60.9 Å². The number of carboxylic acid groups (broad SMARTS) is 1. The maximum absolute atomic E-state index is 12.5. The molecule has 1 aliphatic heterocycles. The van der Waals surface area contributed by atoms with Gasteiger partial charge in [-0.3, -0.25) is 4.79 Å². The van der Waals surface area contributed by atoms with Gasteiger partial charge in [0.15, 0.2) is 0 Å². The lowest BCUT2D eigenvalue weighted by Gasteiger charge is -2.39.